The van der Waals surface area contributed by atoms with Crippen LogP contribution < -0.4 is 10.6 Å². The van der Waals surface area contributed by atoms with Crippen LogP contribution in [0, 0.1) is 0 Å². The summed E-state index contributed by atoms with van der Waals surface area (Å²) in [5.41, 5.74) is 3.16. The molecule has 2 N–H and O–H groups in total. The van der Waals surface area contributed by atoms with E-state index in [1.165, 1.54) is 6.08 Å². The van der Waals surface area contributed by atoms with Gasteiger partial charge in [-0.1, -0.05) is 66.7 Å². The van der Waals surface area contributed by atoms with E-state index in [1.54, 1.807) is 30.3 Å². The first kappa shape index (κ1) is 18.1. The van der Waals surface area contributed by atoms with Gasteiger partial charge in [-0.2, -0.15) is 0 Å². The molecule has 134 valence electrons. The Hall–Kier alpha value is -3.66. The molecule has 0 atom stereocenters. The summed E-state index contributed by atoms with van der Waals surface area (Å²) in [4.78, 5) is 24.2. The molecule has 3 aromatic rings. The molecular weight excluding hydrogens is 336 g/mol. The molecule has 4 nitrogen and oxygen atoms in total. The molecule has 0 bridgehead atoms. The summed E-state index contributed by atoms with van der Waals surface area (Å²) >= 11 is 0. The van der Waals surface area contributed by atoms with Gasteiger partial charge in [0.25, 0.3) is 0 Å². The van der Waals surface area contributed by atoms with Crippen molar-refractivity contribution in [3.05, 3.63) is 102 Å². The molecule has 0 aliphatic rings. The Balaban J connectivity index is 1.57. The zero-order valence-corrected chi connectivity index (χ0v) is 14.8. The Morgan fingerprint density at radius 1 is 0.741 bits per heavy atom. The molecule has 0 radical (unpaired) electrons. The van der Waals surface area contributed by atoms with E-state index >= 15 is 0 Å². The molecule has 3 aromatic carbocycles. The minimum absolute atomic E-state index is 0.103. The second-order valence-electron chi connectivity index (χ2n) is 6.02. The number of benzene rings is 3. The molecule has 0 heterocycles. The Morgan fingerprint density at radius 2 is 1.37 bits per heavy atom. The zero-order valence-electron chi connectivity index (χ0n) is 14.8. The van der Waals surface area contributed by atoms with Crippen molar-refractivity contribution in [2.24, 2.45) is 0 Å². The number of anilines is 2. The molecule has 0 saturated carbocycles. The smallest absolute Gasteiger partial charge is 0.248 e. The van der Waals surface area contributed by atoms with E-state index < -0.39 is 0 Å². The minimum Gasteiger partial charge on any atom is -0.326 e. The van der Waals surface area contributed by atoms with Crippen molar-refractivity contribution in [1.29, 1.82) is 0 Å². The molecule has 0 fully saturated rings. The van der Waals surface area contributed by atoms with E-state index in [0.717, 1.165) is 11.1 Å². The van der Waals surface area contributed by atoms with Crippen molar-refractivity contribution >= 4 is 29.3 Å². The van der Waals surface area contributed by atoms with Gasteiger partial charge < -0.3 is 10.6 Å². The van der Waals surface area contributed by atoms with Crippen LogP contribution in [0.25, 0.3) is 6.08 Å². The van der Waals surface area contributed by atoms with Gasteiger partial charge in [-0.05, 0) is 35.4 Å². The standard InChI is InChI=1S/C23H20N2O2/c26-22(15-14-18-8-3-1-4-9-18)24-20-12-7-13-21(17-20)25-23(27)16-19-10-5-2-6-11-19/h1-15,17H,16H2,(H,24,26)(H,25,27)/b15-14+. The maximum Gasteiger partial charge on any atom is 0.248 e. The highest BCUT2D eigenvalue weighted by Crippen LogP contribution is 2.16. The lowest BCUT2D eigenvalue weighted by Crippen LogP contribution is -2.14. The van der Waals surface area contributed by atoms with Gasteiger partial charge >= 0.3 is 0 Å². The third kappa shape index (κ3) is 5.97. The topological polar surface area (TPSA) is 58.2 Å². The normalized spacial score (nSPS) is 10.5. The van der Waals surface area contributed by atoms with Crippen LogP contribution >= 0.6 is 0 Å². The molecule has 0 aliphatic carbocycles. The van der Waals surface area contributed by atoms with E-state index in [4.69, 9.17) is 0 Å². The Labute approximate surface area is 158 Å². The van der Waals surface area contributed by atoms with E-state index in [9.17, 15) is 9.59 Å². The number of hydrogen-bond donors (Lipinski definition) is 2. The first-order valence-corrected chi connectivity index (χ1v) is 8.67. The minimum atomic E-state index is -0.230. The maximum atomic E-state index is 12.2. The molecular formula is C23H20N2O2. The fourth-order valence-corrected chi connectivity index (χ4v) is 2.58. The van der Waals surface area contributed by atoms with Gasteiger partial charge in [0, 0.05) is 17.5 Å². The van der Waals surface area contributed by atoms with Gasteiger partial charge in [0.05, 0.1) is 6.42 Å². The van der Waals surface area contributed by atoms with Crippen molar-refractivity contribution in [3.8, 4) is 0 Å². The Kier molecular flexibility index (Phi) is 6.15. The van der Waals surface area contributed by atoms with Crippen LogP contribution in [-0.2, 0) is 16.0 Å². The van der Waals surface area contributed by atoms with Gasteiger partial charge in [-0.15, -0.1) is 0 Å². The molecule has 3 rings (SSSR count). The van der Waals surface area contributed by atoms with Crippen LogP contribution in [0.15, 0.2) is 91.0 Å². The van der Waals surface area contributed by atoms with Crippen molar-refractivity contribution in [1.82, 2.24) is 0 Å². The zero-order chi connectivity index (χ0) is 18.9. The Bertz CT molecular complexity index is 935. The average molecular weight is 356 g/mol. The van der Waals surface area contributed by atoms with Crippen molar-refractivity contribution in [2.75, 3.05) is 10.6 Å². The monoisotopic (exact) mass is 356 g/mol. The van der Waals surface area contributed by atoms with Gasteiger partial charge in [-0.25, -0.2) is 0 Å². The van der Waals surface area contributed by atoms with E-state index in [0.29, 0.717) is 17.8 Å². The molecule has 0 saturated heterocycles. The summed E-state index contributed by atoms with van der Waals surface area (Å²) in [5.74, 6) is -0.333. The van der Waals surface area contributed by atoms with Crippen LogP contribution in [0.5, 0.6) is 0 Å². The summed E-state index contributed by atoms with van der Waals surface area (Å²) < 4.78 is 0. The average Bonchev–Trinajstić information content (AvgIpc) is 2.68. The predicted molar refractivity (Wildman–Crippen MR) is 109 cm³/mol. The molecule has 2 amide bonds. The third-order valence-electron chi connectivity index (χ3n) is 3.85. The third-order valence-corrected chi connectivity index (χ3v) is 3.85. The molecule has 0 spiro atoms. The lowest BCUT2D eigenvalue weighted by atomic mass is 10.1. The highest BCUT2D eigenvalue weighted by Gasteiger charge is 2.05. The fraction of sp³-hybridized carbons (Fsp3) is 0.0435. The molecule has 0 unspecified atom stereocenters. The second-order valence-corrected chi connectivity index (χ2v) is 6.02. The van der Waals surface area contributed by atoms with Gasteiger partial charge in [0.1, 0.15) is 0 Å². The largest absolute Gasteiger partial charge is 0.326 e. The molecule has 0 aliphatic heterocycles. The first-order chi connectivity index (χ1) is 13.2. The van der Waals surface area contributed by atoms with Gasteiger partial charge in [0.15, 0.2) is 0 Å². The highest BCUT2D eigenvalue weighted by molar-refractivity contribution is 6.02. The van der Waals surface area contributed by atoms with E-state index in [-0.39, 0.29) is 11.8 Å². The highest BCUT2D eigenvalue weighted by atomic mass is 16.2. The van der Waals surface area contributed by atoms with Crippen molar-refractivity contribution < 1.29 is 9.59 Å². The quantitative estimate of drug-likeness (QED) is 0.638. The van der Waals surface area contributed by atoms with Crippen LogP contribution in [-0.4, -0.2) is 11.8 Å². The second kappa shape index (κ2) is 9.15. The Morgan fingerprint density at radius 3 is 2.07 bits per heavy atom. The van der Waals surface area contributed by atoms with Gasteiger partial charge in [-0.3, -0.25) is 9.59 Å². The summed E-state index contributed by atoms with van der Waals surface area (Å²) in [6, 6.07) is 26.2. The number of carbonyl (C=O) groups is 2. The van der Waals surface area contributed by atoms with E-state index in [1.807, 2.05) is 60.7 Å². The predicted octanol–water partition coefficient (Wildman–Crippen LogP) is 4.52. The van der Waals surface area contributed by atoms with Gasteiger partial charge in [0.2, 0.25) is 11.8 Å². The summed E-state index contributed by atoms with van der Waals surface area (Å²) in [5, 5.41) is 5.65. The number of rotatable bonds is 6. The lowest BCUT2D eigenvalue weighted by Gasteiger charge is -2.08. The number of nitrogens with one attached hydrogen (secondary N) is 2. The van der Waals surface area contributed by atoms with Crippen LogP contribution in [0.3, 0.4) is 0 Å². The number of hydrogen-bond acceptors (Lipinski definition) is 2. The summed E-state index contributed by atoms with van der Waals surface area (Å²) in [7, 11) is 0. The maximum absolute atomic E-state index is 12.2. The molecule has 27 heavy (non-hydrogen) atoms. The lowest BCUT2D eigenvalue weighted by molar-refractivity contribution is -0.115. The van der Waals surface area contributed by atoms with E-state index in [2.05, 4.69) is 10.6 Å². The fourth-order valence-electron chi connectivity index (χ4n) is 2.58. The summed E-state index contributed by atoms with van der Waals surface area (Å²) in [6.07, 6.45) is 3.54. The number of amides is 2. The van der Waals surface area contributed by atoms with Crippen LogP contribution in [0.4, 0.5) is 11.4 Å². The van der Waals surface area contributed by atoms with Crippen LogP contribution in [0.2, 0.25) is 0 Å². The van der Waals surface area contributed by atoms with Crippen LogP contribution in [0.1, 0.15) is 11.1 Å². The molecule has 0 aromatic heterocycles. The summed E-state index contributed by atoms with van der Waals surface area (Å²) in [6.45, 7) is 0. The molecule has 4 heteroatoms. The SMILES string of the molecule is O=C(/C=C/c1ccccc1)Nc1cccc(NC(=O)Cc2ccccc2)c1. The van der Waals surface area contributed by atoms with Crippen molar-refractivity contribution in [3.63, 3.8) is 0 Å². The first-order valence-electron chi connectivity index (χ1n) is 8.67. The van der Waals surface area contributed by atoms with Crippen molar-refractivity contribution in [2.45, 2.75) is 6.42 Å². The number of carbonyl (C=O) groups excluding carboxylic acids is 2.